The van der Waals surface area contributed by atoms with Crippen LogP contribution < -0.4 is 4.74 Å². The van der Waals surface area contributed by atoms with Crippen LogP contribution in [0.3, 0.4) is 0 Å². The molecule has 1 saturated carbocycles. The van der Waals surface area contributed by atoms with Crippen LogP contribution in [0.15, 0.2) is 18.2 Å². The fraction of sp³-hybridized carbons (Fsp3) is 0.667. The van der Waals surface area contributed by atoms with Crippen molar-refractivity contribution in [1.82, 2.24) is 9.80 Å². The molecular weight excluding hydrogens is 312 g/mol. The summed E-state index contributed by atoms with van der Waals surface area (Å²) in [6, 6.07) is 6.57. The first kappa shape index (κ1) is 16.9. The fourth-order valence-corrected chi connectivity index (χ4v) is 4.54. The number of amides is 1. The van der Waals surface area contributed by atoms with Gasteiger partial charge in [0.2, 0.25) is 5.91 Å². The molecule has 1 aromatic carbocycles. The summed E-state index contributed by atoms with van der Waals surface area (Å²) in [5.41, 5.74) is 2.53. The molecule has 4 nitrogen and oxygen atoms in total. The molecule has 0 bridgehead atoms. The van der Waals surface area contributed by atoms with Gasteiger partial charge in [-0.25, -0.2) is 0 Å². The van der Waals surface area contributed by atoms with E-state index in [1.807, 2.05) is 4.90 Å². The number of carbonyl (C=O) groups excluding carboxylic acids is 1. The molecule has 1 amide bonds. The minimum absolute atomic E-state index is 0.248. The molecule has 3 aliphatic rings. The topological polar surface area (TPSA) is 32.8 Å². The lowest BCUT2D eigenvalue weighted by atomic mass is 10.0. The highest BCUT2D eigenvalue weighted by Gasteiger charge is 2.29. The summed E-state index contributed by atoms with van der Waals surface area (Å²) >= 11 is 0. The van der Waals surface area contributed by atoms with Gasteiger partial charge in [0, 0.05) is 24.6 Å². The summed E-state index contributed by atoms with van der Waals surface area (Å²) < 4.78 is 5.93. The third-order valence-corrected chi connectivity index (χ3v) is 5.98. The molecule has 2 fully saturated rings. The highest BCUT2D eigenvalue weighted by molar-refractivity contribution is 5.79. The van der Waals surface area contributed by atoms with Crippen LogP contribution in [0, 0.1) is 5.92 Å². The zero-order chi connectivity index (χ0) is 17.1. The van der Waals surface area contributed by atoms with E-state index in [0.29, 0.717) is 25.6 Å². The molecule has 0 unspecified atom stereocenters. The first-order valence-corrected chi connectivity index (χ1v) is 10.1. The number of likely N-dealkylation sites (tertiary alicyclic amines) is 1. The van der Waals surface area contributed by atoms with Crippen LogP contribution >= 0.6 is 0 Å². The van der Waals surface area contributed by atoms with Crippen LogP contribution in [-0.2, 0) is 17.9 Å². The summed E-state index contributed by atoms with van der Waals surface area (Å²) in [7, 11) is 0. The number of carbonyl (C=O) groups is 1. The van der Waals surface area contributed by atoms with Gasteiger partial charge in [-0.1, -0.05) is 25.3 Å². The lowest BCUT2D eigenvalue weighted by Crippen LogP contribution is -2.36. The van der Waals surface area contributed by atoms with Gasteiger partial charge in [0.15, 0.2) is 0 Å². The van der Waals surface area contributed by atoms with Gasteiger partial charge in [-0.15, -0.1) is 0 Å². The van der Waals surface area contributed by atoms with Gasteiger partial charge in [-0.2, -0.15) is 0 Å². The van der Waals surface area contributed by atoms with Crippen molar-refractivity contribution >= 4 is 5.91 Å². The van der Waals surface area contributed by atoms with E-state index >= 15 is 0 Å². The van der Waals surface area contributed by atoms with Crippen LogP contribution in [-0.4, -0.2) is 41.9 Å². The van der Waals surface area contributed by atoms with Crippen molar-refractivity contribution in [2.45, 2.75) is 58.0 Å². The molecule has 0 N–H and O–H groups in total. The van der Waals surface area contributed by atoms with Gasteiger partial charge in [-0.05, 0) is 56.5 Å². The number of nitrogens with zero attached hydrogens (tertiary/aromatic N) is 2. The van der Waals surface area contributed by atoms with Crippen molar-refractivity contribution in [3.63, 3.8) is 0 Å². The number of hydrogen-bond acceptors (Lipinski definition) is 3. The van der Waals surface area contributed by atoms with E-state index in [4.69, 9.17) is 4.74 Å². The molecule has 1 saturated heterocycles. The van der Waals surface area contributed by atoms with Crippen LogP contribution in [0.4, 0.5) is 0 Å². The van der Waals surface area contributed by atoms with Gasteiger partial charge >= 0.3 is 0 Å². The molecule has 0 radical (unpaired) electrons. The molecule has 2 aliphatic heterocycles. The number of piperidine rings is 1. The quantitative estimate of drug-likeness (QED) is 0.842. The standard InChI is InChI=1S/C21H30N2O2/c24-21(18-6-2-3-7-18)23-12-13-25-20-9-8-17(14-19(20)16-23)15-22-10-4-1-5-11-22/h8-9,14,18H,1-7,10-13,15-16H2. The second-order valence-electron chi connectivity index (χ2n) is 7.87. The zero-order valence-corrected chi connectivity index (χ0v) is 15.2. The first-order chi connectivity index (χ1) is 12.3. The Kier molecular flexibility index (Phi) is 5.25. The van der Waals surface area contributed by atoms with E-state index in [0.717, 1.165) is 25.1 Å². The maximum absolute atomic E-state index is 12.8. The maximum Gasteiger partial charge on any atom is 0.226 e. The molecule has 136 valence electrons. The average molecular weight is 342 g/mol. The van der Waals surface area contributed by atoms with Crippen molar-refractivity contribution < 1.29 is 9.53 Å². The minimum Gasteiger partial charge on any atom is -0.491 e. The number of hydrogen-bond donors (Lipinski definition) is 0. The normalized spacial score (nSPS) is 22.3. The van der Waals surface area contributed by atoms with E-state index in [2.05, 4.69) is 23.1 Å². The van der Waals surface area contributed by atoms with Crippen LogP contribution in [0.1, 0.15) is 56.1 Å². The highest BCUT2D eigenvalue weighted by atomic mass is 16.5. The summed E-state index contributed by atoms with van der Waals surface area (Å²) in [6.07, 6.45) is 8.55. The van der Waals surface area contributed by atoms with Gasteiger partial charge in [0.05, 0.1) is 6.54 Å². The average Bonchev–Trinajstić information content (AvgIpc) is 3.09. The Morgan fingerprint density at radius 2 is 1.84 bits per heavy atom. The number of fused-ring (bicyclic) bond motifs is 1. The minimum atomic E-state index is 0.248. The van der Waals surface area contributed by atoms with Crippen LogP contribution in [0.25, 0.3) is 0 Å². The highest BCUT2D eigenvalue weighted by Crippen LogP contribution is 2.30. The van der Waals surface area contributed by atoms with Crippen LogP contribution in [0.5, 0.6) is 5.75 Å². The van der Waals surface area contributed by atoms with Crippen molar-refractivity contribution in [3.05, 3.63) is 29.3 Å². The molecule has 2 heterocycles. The Balaban J connectivity index is 1.46. The van der Waals surface area contributed by atoms with Crippen molar-refractivity contribution in [3.8, 4) is 5.75 Å². The third-order valence-electron chi connectivity index (χ3n) is 5.98. The smallest absolute Gasteiger partial charge is 0.226 e. The molecule has 0 atom stereocenters. The monoisotopic (exact) mass is 342 g/mol. The molecule has 1 aromatic rings. The number of benzene rings is 1. The van der Waals surface area contributed by atoms with Gasteiger partial charge < -0.3 is 9.64 Å². The molecular formula is C21H30N2O2. The zero-order valence-electron chi connectivity index (χ0n) is 15.2. The van der Waals surface area contributed by atoms with E-state index in [-0.39, 0.29) is 5.92 Å². The first-order valence-electron chi connectivity index (χ1n) is 10.1. The summed E-state index contributed by atoms with van der Waals surface area (Å²) in [6.45, 7) is 5.46. The second-order valence-corrected chi connectivity index (χ2v) is 7.87. The fourth-order valence-electron chi connectivity index (χ4n) is 4.54. The molecule has 0 aromatic heterocycles. The largest absolute Gasteiger partial charge is 0.491 e. The lowest BCUT2D eigenvalue weighted by molar-refractivity contribution is -0.136. The number of ether oxygens (including phenoxy) is 1. The Morgan fingerprint density at radius 3 is 2.64 bits per heavy atom. The Labute approximate surface area is 151 Å². The van der Waals surface area contributed by atoms with E-state index in [9.17, 15) is 4.79 Å². The molecule has 0 spiro atoms. The van der Waals surface area contributed by atoms with Crippen molar-refractivity contribution in [2.24, 2.45) is 5.92 Å². The lowest BCUT2D eigenvalue weighted by Gasteiger charge is -2.27. The van der Waals surface area contributed by atoms with Crippen molar-refractivity contribution in [2.75, 3.05) is 26.2 Å². The molecule has 4 heteroatoms. The Hall–Kier alpha value is -1.55. The van der Waals surface area contributed by atoms with E-state index in [1.54, 1.807) is 0 Å². The predicted molar refractivity (Wildman–Crippen MR) is 98.4 cm³/mol. The van der Waals surface area contributed by atoms with Gasteiger partial charge in [0.1, 0.15) is 12.4 Å². The third kappa shape index (κ3) is 4.00. The number of rotatable bonds is 3. The molecule has 4 rings (SSSR count). The van der Waals surface area contributed by atoms with Gasteiger partial charge in [0.25, 0.3) is 0 Å². The predicted octanol–water partition coefficient (Wildman–Crippen LogP) is 3.58. The van der Waals surface area contributed by atoms with Crippen LogP contribution in [0.2, 0.25) is 0 Å². The Morgan fingerprint density at radius 1 is 1.04 bits per heavy atom. The summed E-state index contributed by atoms with van der Waals surface area (Å²) in [5.74, 6) is 1.55. The van der Waals surface area contributed by atoms with Gasteiger partial charge in [-0.3, -0.25) is 9.69 Å². The summed E-state index contributed by atoms with van der Waals surface area (Å²) in [4.78, 5) is 17.4. The van der Waals surface area contributed by atoms with Crippen molar-refractivity contribution in [1.29, 1.82) is 0 Å². The van der Waals surface area contributed by atoms with E-state index in [1.165, 1.54) is 56.3 Å². The van der Waals surface area contributed by atoms with E-state index < -0.39 is 0 Å². The SMILES string of the molecule is O=C(C1CCCC1)N1CCOc2ccc(CN3CCCCC3)cc2C1. The summed E-state index contributed by atoms with van der Waals surface area (Å²) in [5, 5.41) is 0. The second kappa shape index (κ2) is 7.77. The maximum atomic E-state index is 12.8. The Bertz CT molecular complexity index is 604. The molecule has 1 aliphatic carbocycles. The molecule has 25 heavy (non-hydrogen) atoms.